The zero-order valence-corrected chi connectivity index (χ0v) is 4.55. The van der Waals surface area contributed by atoms with Crippen molar-refractivity contribution in [3.63, 3.8) is 0 Å². The highest BCUT2D eigenvalue weighted by Crippen LogP contribution is 2.21. The van der Waals surface area contributed by atoms with Crippen LogP contribution in [0.3, 0.4) is 0 Å². The minimum absolute atomic E-state index is 0.00617. The maximum atomic E-state index is 10.2. The average molecular weight is 120 g/mol. The van der Waals surface area contributed by atoms with Crippen LogP contribution < -0.4 is 5.84 Å². The fourth-order valence-electron chi connectivity index (χ4n) is 0.316. The van der Waals surface area contributed by atoms with Gasteiger partial charge in [-0.05, 0) is 0 Å². The lowest BCUT2D eigenvalue weighted by atomic mass is 10.8. The van der Waals surface area contributed by atoms with Crippen molar-refractivity contribution in [2.45, 2.75) is 0 Å². The molecule has 1 heterocycles. The third-order valence-electron chi connectivity index (χ3n) is 0.570. The van der Waals surface area contributed by atoms with Crippen LogP contribution in [0.5, 0.6) is 0 Å². The number of carbonyl (C=O) groups excluding carboxylic acids is 1. The number of nitrogens with zero attached hydrogens (tertiary/aromatic N) is 1. The molecule has 1 saturated heterocycles. The van der Waals surface area contributed by atoms with E-state index in [9.17, 15) is 4.79 Å². The molecule has 40 valence electrons. The molecule has 0 amide bonds. The van der Waals surface area contributed by atoms with Gasteiger partial charge in [0.2, 0.25) is 0 Å². The van der Waals surface area contributed by atoms with Crippen molar-refractivity contribution in [1.29, 1.82) is 0 Å². The number of carbonyl (C=O) groups is 1. The van der Waals surface area contributed by atoms with Gasteiger partial charge in [0, 0.05) is 0 Å². The molecule has 0 spiro atoms. The second-order valence-corrected chi connectivity index (χ2v) is 2.36. The molecule has 0 aromatic carbocycles. The summed E-state index contributed by atoms with van der Waals surface area (Å²) >= 11 is 0. The lowest BCUT2D eigenvalue weighted by Crippen LogP contribution is -2.16. The molecule has 0 bridgehead atoms. The Morgan fingerprint density at radius 2 is 2.71 bits per heavy atom. The van der Waals surface area contributed by atoms with Gasteiger partial charge >= 0.3 is 0 Å². The fourth-order valence-corrected chi connectivity index (χ4v) is 0.820. The van der Waals surface area contributed by atoms with Gasteiger partial charge in [-0.25, -0.2) is 5.84 Å². The molecule has 1 aliphatic rings. The van der Waals surface area contributed by atoms with Crippen LogP contribution in [-0.2, 0) is 9.63 Å². The Bertz CT molecular complexity index is 95.7. The van der Waals surface area contributed by atoms with E-state index in [0.29, 0.717) is 0 Å². The van der Waals surface area contributed by atoms with Crippen LogP contribution in [0.15, 0.2) is 0 Å². The van der Waals surface area contributed by atoms with Crippen LogP contribution in [0.1, 0.15) is 0 Å². The van der Waals surface area contributed by atoms with E-state index in [-0.39, 0.29) is 20.9 Å². The van der Waals surface area contributed by atoms with Gasteiger partial charge in [-0.2, -0.15) is 0 Å². The highest BCUT2D eigenvalue weighted by molar-refractivity contribution is 7.55. The van der Waals surface area contributed by atoms with Crippen LogP contribution in [-0.4, -0.2) is 17.1 Å². The van der Waals surface area contributed by atoms with Gasteiger partial charge in [0.25, 0.3) is 0 Å². The van der Waals surface area contributed by atoms with E-state index in [2.05, 4.69) is 4.84 Å². The van der Waals surface area contributed by atoms with E-state index < -0.39 is 0 Å². The summed E-state index contributed by atoms with van der Waals surface area (Å²) in [6.45, 7) is 0.148. The lowest BCUT2D eigenvalue weighted by molar-refractivity contribution is -0.119. The summed E-state index contributed by atoms with van der Waals surface area (Å²) in [6, 6.07) is 0. The van der Waals surface area contributed by atoms with Crippen molar-refractivity contribution in [1.82, 2.24) is 4.94 Å². The van der Waals surface area contributed by atoms with E-state index >= 15 is 0 Å². The molecule has 0 aromatic heterocycles. The van der Waals surface area contributed by atoms with Crippen molar-refractivity contribution < 1.29 is 9.63 Å². The molecule has 4 nitrogen and oxygen atoms in total. The Morgan fingerprint density at radius 3 is 2.86 bits per heavy atom. The SMILES string of the molecule is NN1OCC(=O)P1. The molecular formula is C2H5N2O2P. The molecule has 5 heteroatoms. The van der Waals surface area contributed by atoms with Gasteiger partial charge in [-0.15, -0.1) is 4.94 Å². The van der Waals surface area contributed by atoms with Gasteiger partial charge in [0.1, 0.15) is 6.61 Å². The standard InChI is InChI=1S/C2H5N2O2P/c3-4-6-1-2(5)7-4/h7H,1,3H2. The molecule has 7 heavy (non-hydrogen) atoms. The molecule has 0 aromatic rings. The number of nitrogens with two attached hydrogens (primary N) is 1. The third-order valence-corrected chi connectivity index (χ3v) is 1.31. The molecule has 1 aliphatic heterocycles. The van der Waals surface area contributed by atoms with Crippen LogP contribution in [0.25, 0.3) is 0 Å². The maximum Gasteiger partial charge on any atom is 0.197 e. The quantitative estimate of drug-likeness (QED) is 0.337. The van der Waals surface area contributed by atoms with Gasteiger partial charge in [-0.3, -0.25) is 9.63 Å². The largest absolute Gasteiger partial charge is 0.291 e. The first-order chi connectivity index (χ1) is 3.29. The van der Waals surface area contributed by atoms with Gasteiger partial charge in [-0.1, -0.05) is 0 Å². The number of hydrazine groups is 1. The second kappa shape index (κ2) is 1.84. The topological polar surface area (TPSA) is 55.6 Å². The van der Waals surface area contributed by atoms with Crippen molar-refractivity contribution in [3.05, 3.63) is 0 Å². The summed E-state index contributed by atoms with van der Waals surface area (Å²) in [7, 11) is 0.00617. The van der Waals surface area contributed by atoms with Crippen molar-refractivity contribution in [3.8, 4) is 0 Å². The van der Waals surface area contributed by atoms with Crippen molar-refractivity contribution >= 4 is 14.3 Å². The minimum Gasteiger partial charge on any atom is -0.291 e. The summed E-state index contributed by atoms with van der Waals surface area (Å²) in [6.07, 6.45) is 0. The molecule has 1 fully saturated rings. The Hall–Kier alpha value is -0.0200. The maximum absolute atomic E-state index is 10.2. The smallest absolute Gasteiger partial charge is 0.197 e. The zero-order valence-electron chi connectivity index (χ0n) is 3.55. The fraction of sp³-hybridized carbons (Fsp3) is 0.500. The van der Waals surface area contributed by atoms with Crippen LogP contribution in [0.2, 0.25) is 0 Å². The van der Waals surface area contributed by atoms with Gasteiger partial charge in [0.05, 0.1) is 8.73 Å². The summed E-state index contributed by atoms with van der Waals surface area (Å²) < 4.78 is 0. The molecule has 0 radical (unpaired) electrons. The van der Waals surface area contributed by atoms with Gasteiger partial charge in [0.15, 0.2) is 5.52 Å². The number of rotatable bonds is 0. The minimum atomic E-state index is 0.00617. The second-order valence-electron chi connectivity index (χ2n) is 1.13. The summed E-state index contributed by atoms with van der Waals surface area (Å²) in [5, 5.41) is 0. The first-order valence-corrected chi connectivity index (χ1v) is 2.71. The van der Waals surface area contributed by atoms with E-state index in [0.717, 1.165) is 4.94 Å². The summed E-state index contributed by atoms with van der Waals surface area (Å²) in [4.78, 5) is 15.8. The van der Waals surface area contributed by atoms with Crippen LogP contribution in [0, 0.1) is 0 Å². The summed E-state index contributed by atoms with van der Waals surface area (Å²) in [5.41, 5.74) is 0.0579. The van der Waals surface area contributed by atoms with Crippen LogP contribution >= 0.6 is 8.73 Å². The normalized spacial score (nSPS) is 27.3. The Morgan fingerprint density at radius 1 is 2.00 bits per heavy atom. The predicted molar refractivity (Wildman–Crippen MR) is 25.3 cm³/mol. The number of hydrogen-bond acceptors (Lipinski definition) is 4. The van der Waals surface area contributed by atoms with E-state index in [1.807, 2.05) is 0 Å². The van der Waals surface area contributed by atoms with Crippen molar-refractivity contribution in [2.75, 3.05) is 6.61 Å². The molecular weight excluding hydrogens is 115 g/mol. The molecule has 0 saturated carbocycles. The molecule has 1 atom stereocenters. The van der Waals surface area contributed by atoms with Crippen molar-refractivity contribution in [2.24, 2.45) is 5.84 Å². The van der Waals surface area contributed by atoms with Gasteiger partial charge < -0.3 is 0 Å². The Balaban J connectivity index is 2.40. The first-order valence-electron chi connectivity index (χ1n) is 1.76. The van der Waals surface area contributed by atoms with E-state index in [4.69, 9.17) is 5.84 Å². The predicted octanol–water partition coefficient (Wildman–Crippen LogP) is -0.773. The summed E-state index contributed by atoms with van der Waals surface area (Å²) in [5.74, 6) is 5.03. The average Bonchev–Trinajstić information content (AvgIpc) is 1.87. The Kier molecular flexibility index (Phi) is 1.35. The highest BCUT2D eigenvalue weighted by atomic mass is 31.1. The zero-order chi connectivity index (χ0) is 5.28. The monoisotopic (exact) mass is 120 g/mol. The molecule has 0 aliphatic carbocycles. The molecule has 2 N–H and O–H groups in total. The molecule has 1 unspecified atom stereocenters. The first kappa shape index (κ1) is 5.12. The number of hydrogen-bond donors (Lipinski definition) is 1. The lowest BCUT2D eigenvalue weighted by Gasteiger charge is -1.98. The third kappa shape index (κ3) is 1.17. The van der Waals surface area contributed by atoms with E-state index in [1.165, 1.54) is 0 Å². The van der Waals surface area contributed by atoms with Crippen LogP contribution in [0.4, 0.5) is 0 Å². The Labute approximate surface area is 42.4 Å². The highest BCUT2D eigenvalue weighted by Gasteiger charge is 2.16. The molecule has 1 rings (SSSR count). The van der Waals surface area contributed by atoms with E-state index in [1.54, 1.807) is 0 Å².